The lowest BCUT2D eigenvalue weighted by Gasteiger charge is -2.07. The van der Waals surface area contributed by atoms with E-state index >= 15 is 0 Å². The van der Waals surface area contributed by atoms with E-state index < -0.39 is 0 Å². The molecule has 0 spiro atoms. The molecule has 0 aliphatic carbocycles. The molecule has 1 rings (SSSR count). The van der Waals surface area contributed by atoms with Gasteiger partial charge in [-0.1, -0.05) is 0 Å². The van der Waals surface area contributed by atoms with Crippen molar-refractivity contribution in [2.75, 3.05) is 13.2 Å². The summed E-state index contributed by atoms with van der Waals surface area (Å²) in [7, 11) is 0. The average molecular weight is 234 g/mol. The van der Waals surface area contributed by atoms with Gasteiger partial charge in [-0.3, -0.25) is 0 Å². The van der Waals surface area contributed by atoms with E-state index in [1.54, 1.807) is 0 Å². The molecule has 0 fully saturated rings. The summed E-state index contributed by atoms with van der Waals surface area (Å²) < 4.78 is 11.1. The highest BCUT2D eigenvalue weighted by Gasteiger charge is 2.09. The van der Waals surface area contributed by atoms with E-state index in [2.05, 4.69) is 15.9 Å². The van der Waals surface area contributed by atoms with Gasteiger partial charge in [0.25, 0.3) is 0 Å². The first-order valence-electron chi connectivity index (χ1n) is 3.82. The highest BCUT2D eigenvalue weighted by molar-refractivity contribution is 9.10. The van der Waals surface area contributed by atoms with Crippen LogP contribution in [0.3, 0.4) is 0 Å². The molecule has 1 aromatic rings. The van der Waals surface area contributed by atoms with Crippen LogP contribution in [0.2, 0.25) is 0 Å². The van der Waals surface area contributed by atoms with Crippen molar-refractivity contribution in [3.05, 3.63) is 22.6 Å². The molecule has 2 N–H and O–H groups in total. The molecule has 0 aliphatic heterocycles. The van der Waals surface area contributed by atoms with Crippen LogP contribution < -0.4 is 5.73 Å². The molecular weight excluding hydrogens is 222 g/mol. The lowest BCUT2D eigenvalue weighted by atomic mass is 10.2. The summed E-state index contributed by atoms with van der Waals surface area (Å²) in [4.78, 5) is 0. The van der Waals surface area contributed by atoms with E-state index in [1.807, 2.05) is 19.1 Å². The number of hydrogen-bond acceptors (Lipinski definition) is 3. The molecule has 1 unspecified atom stereocenters. The molecule has 0 saturated heterocycles. The highest BCUT2D eigenvalue weighted by Crippen LogP contribution is 2.18. The Bertz CT molecular complexity index is 237. The quantitative estimate of drug-likeness (QED) is 0.867. The van der Waals surface area contributed by atoms with Crippen molar-refractivity contribution < 1.29 is 9.15 Å². The van der Waals surface area contributed by atoms with Gasteiger partial charge >= 0.3 is 0 Å². The van der Waals surface area contributed by atoms with Crippen molar-refractivity contribution in [2.24, 2.45) is 5.73 Å². The second-order valence-corrected chi connectivity index (χ2v) is 3.19. The van der Waals surface area contributed by atoms with Crippen LogP contribution in [0.5, 0.6) is 0 Å². The van der Waals surface area contributed by atoms with Crippen LogP contribution in [0.15, 0.2) is 21.2 Å². The van der Waals surface area contributed by atoms with Gasteiger partial charge in [0.1, 0.15) is 5.76 Å². The Morgan fingerprint density at radius 1 is 1.67 bits per heavy atom. The summed E-state index contributed by atoms with van der Waals surface area (Å²) in [5.74, 6) is 0.746. The topological polar surface area (TPSA) is 48.4 Å². The number of ether oxygens (including phenoxy) is 1. The molecule has 0 aromatic carbocycles. The molecule has 0 aliphatic rings. The minimum Gasteiger partial charge on any atom is -0.453 e. The summed E-state index contributed by atoms with van der Waals surface area (Å²) in [6.07, 6.45) is 0. The molecule has 1 atom stereocenters. The number of furan rings is 1. The predicted molar refractivity (Wildman–Crippen MR) is 49.8 cm³/mol. The molecule has 12 heavy (non-hydrogen) atoms. The number of hydrogen-bond donors (Lipinski definition) is 1. The first-order chi connectivity index (χ1) is 5.74. The van der Waals surface area contributed by atoms with Crippen LogP contribution in [0, 0.1) is 0 Å². The monoisotopic (exact) mass is 233 g/mol. The second-order valence-electron chi connectivity index (χ2n) is 2.41. The summed E-state index contributed by atoms with van der Waals surface area (Å²) in [6, 6.07) is 3.49. The van der Waals surface area contributed by atoms with Crippen molar-refractivity contribution in [1.82, 2.24) is 0 Å². The van der Waals surface area contributed by atoms with Gasteiger partial charge in [0.15, 0.2) is 4.67 Å². The van der Waals surface area contributed by atoms with Gasteiger partial charge in [-0.2, -0.15) is 0 Å². The fourth-order valence-corrected chi connectivity index (χ4v) is 1.17. The second kappa shape index (κ2) is 4.64. The lowest BCUT2D eigenvalue weighted by Crippen LogP contribution is -2.16. The molecule has 1 heterocycles. The molecule has 0 amide bonds. The standard InChI is InChI=1S/C8H12BrNO2/c1-2-11-5-6(10)7-3-4-8(9)12-7/h3-4,6H,2,5,10H2,1H3. The SMILES string of the molecule is CCOCC(N)c1ccc(Br)o1. The molecule has 1 aromatic heterocycles. The highest BCUT2D eigenvalue weighted by atomic mass is 79.9. The fraction of sp³-hybridized carbons (Fsp3) is 0.500. The van der Waals surface area contributed by atoms with Crippen LogP contribution in [0.4, 0.5) is 0 Å². The van der Waals surface area contributed by atoms with Crippen LogP contribution >= 0.6 is 15.9 Å². The van der Waals surface area contributed by atoms with E-state index in [4.69, 9.17) is 14.9 Å². The summed E-state index contributed by atoms with van der Waals surface area (Å²) in [5.41, 5.74) is 5.75. The maximum absolute atomic E-state index is 5.75. The van der Waals surface area contributed by atoms with Crippen molar-refractivity contribution >= 4 is 15.9 Å². The molecule has 0 saturated carbocycles. The van der Waals surface area contributed by atoms with Crippen molar-refractivity contribution in [3.8, 4) is 0 Å². The van der Waals surface area contributed by atoms with Gasteiger partial charge in [0, 0.05) is 6.61 Å². The molecule has 4 heteroatoms. The van der Waals surface area contributed by atoms with Crippen LogP contribution in [-0.2, 0) is 4.74 Å². The van der Waals surface area contributed by atoms with E-state index in [9.17, 15) is 0 Å². The van der Waals surface area contributed by atoms with E-state index in [1.165, 1.54) is 0 Å². The van der Waals surface area contributed by atoms with Gasteiger partial charge in [-0.15, -0.1) is 0 Å². The first-order valence-corrected chi connectivity index (χ1v) is 4.62. The largest absolute Gasteiger partial charge is 0.453 e. The van der Waals surface area contributed by atoms with Gasteiger partial charge in [-0.25, -0.2) is 0 Å². The Morgan fingerprint density at radius 2 is 2.42 bits per heavy atom. The van der Waals surface area contributed by atoms with Crippen molar-refractivity contribution in [2.45, 2.75) is 13.0 Å². The Balaban J connectivity index is 2.47. The zero-order valence-electron chi connectivity index (χ0n) is 6.92. The molecule has 0 radical (unpaired) electrons. The lowest BCUT2D eigenvalue weighted by molar-refractivity contribution is 0.127. The molecule has 3 nitrogen and oxygen atoms in total. The first kappa shape index (κ1) is 9.77. The van der Waals surface area contributed by atoms with E-state index in [0.29, 0.717) is 17.9 Å². The maximum Gasteiger partial charge on any atom is 0.169 e. The normalized spacial score (nSPS) is 13.2. The maximum atomic E-state index is 5.75. The summed E-state index contributed by atoms with van der Waals surface area (Å²) >= 11 is 3.21. The average Bonchev–Trinajstić information content (AvgIpc) is 2.47. The van der Waals surface area contributed by atoms with E-state index in [0.717, 1.165) is 5.76 Å². The van der Waals surface area contributed by atoms with Crippen LogP contribution in [-0.4, -0.2) is 13.2 Å². The van der Waals surface area contributed by atoms with Gasteiger partial charge in [0.2, 0.25) is 0 Å². The molecule has 0 bridgehead atoms. The third kappa shape index (κ3) is 2.62. The van der Waals surface area contributed by atoms with Crippen molar-refractivity contribution in [3.63, 3.8) is 0 Å². The zero-order valence-corrected chi connectivity index (χ0v) is 8.50. The van der Waals surface area contributed by atoms with Gasteiger partial charge in [-0.05, 0) is 35.0 Å². The van der Waals surface area contributed by atoms with Gasteiger partial charge in [0.05, 0.1) is 12.6 Å². The van der Waals surface area contributed by atoms with Crippen LogP contribution in [0.25, 0.3) is 0 Å². The Kier molecular flexibility index (Phi) is 3.78. The third-order valence-corrected chi connectivity index (χ3v) is 1.89. The number of halogens is 1. The Labute approximate surface area is 80.0 Å². The predicted octanol–water partition coefficient (Wildman–Crippen LogP) is 2.08. The van der Waals surface area contributed by atoms with Crippen molar-refractivity contribution in [1.29, 1.82) is 0 Å². The van der Waals surface area contributed by atoms with Crippen LogP contribution in [0.1, 0.15) is 18.7 Å². The minimum absolute atomic E-state index is 0.170. The summed E-state index contributed by atoms with van der Waals surface area (Å²) in [6.45, 7) is 3.11. The zero-order chi connectivity index (χ0) is 8.97. The summed E-state index contributed by atoms with van der Waals surface area (Å²) in [5, 5.41) is 0. The number of nitrogens with two attached hydrogens (primary N) is 1. The fourth-order valence-electron chi connectivity index (χ4n) is 0.855. The smallest absolute Gasteiger partial charge is 0.169 e. The third-order valence-electron chi connectivity index (χ3n) is 1.46. The molecular formula is C8H12BrNO2. The van der Waals surface area contributed by atoms with E-state index in [-0.39, 0.29) is 6.04 Å². The Morgan fingerprint density at radius 3 is 2.92 bits per heavy atom. The number of rotatable bonds is 4. The Hall–Kier alpha value is -0.320. The van der Waals surface area contributed by atoms with Gasteiger partial charge < -0.3 is 14.9 Å². The molecule has 68 valence electrons. The minimum atomic E-state index is -0.170.